The van der Waals surface area contributed by atoms with Crippen LogP contribution in [0.1, 0.15) is 46.5 Å². The van der Waals surface area contributed by atoms with Crippen molar-refractivity contribution in [1.29, 1.82) is 0 Å². The largest absolute Gasteiger partial charge is 0.469 e. The summed E-state index contributed by atoms with van der Waals surface area (Å²) >= 11 is 0. The van der Waals surface area contributed by atoms with Crippen LogP contribution in [0.5, 0.6) is 0 Å². The zero-order valence-electron chi connectivity index (χ0n) is 20.6. The molecule has 1 N–H and O–H groups in total. The van der Waals surface area contributed by atoms with E-state index in [0.29, 0.717) is 5.57 Å². The zero-order valence-corrected chi connectivity index (χ0v) is 20.6. The van der Waals surface area contributed by atoms with E-state index < -0.39 is 70.1 Å². The Kier molecular flexibility index (Phi) is 5.92. The lowest BCUT2D eigenvalue weighted by atomic mass is 9.50. The van der Waals surface area contributed by atoms with Crippen LogP contribution in [0.25, 0.3) is 0 Å². The van der Waals surface area contributed by atoms with Gasteiger partial charge < -0.3 is 28.8 Å². The van der Waals surface area contributed by atoms with Crippen molar-refractivity contribution in [3.05, 3.63) is 24.3 Å². The van der Waals surface area contributed by atoms with Crippen LogP contribution in [0.3, 0.4) is 0 Å². The highest BCUT2D eigenvalue weighted by Gasteiger charge is 2.77. The Bertz CT molecular complexity index is 1020. The molecule has 1 aliphatic heterocycles. The Hall–Kier alpha value is -2.72. The first kappa shape index (κ1) is 25.4. The number of hydrogen-bond acceptors (Lipinski definition) is 10. The maximum Gasteiger partial charge on any atom is 0.316 e. The summed E-state index contributed by atoms with van der Waals surface area (Å²) in [5.74, 6) is -6.31. The smallest absolute Gasteiger partial charge is 0.316 e. The van der Waals surface area contributed by atoms with Gasteiger partial charge in [-0.2, -0.15) is 0 Å². The normalized spacial score (nSPS) is 43.4. The molecule has 2 saturated carbocycles. The Balaban J connectivity index is 1.93. The molecule has 3 aliphatic carbocycles. The van der Waals surface area contributed by atoms with Gasteiger partial charge >= 0.3 is 23.9 Å². The molecule has 3 fully saturated rings. The number of ether oxygens (including phenoxy) is 5. The summed E-state index contributed by atoms with van der Waals surface area (Å²) in [4.78, 5) is 50.7. The summed E-state index contributed by atoms with van der Waals surface area (Å²) in [6.07, 6.45) is 1.70. The van der Waals surface area contributed by atoms with Gasteiger partial charge in [0.25, 0.3) is 0 Å². The molecule has 2 unspecified atom stereocenters. The van der Waals surface area contributed by atoms with Gasteiger partial charge in [0.1, 0.15) is 17.1 Å². The molecule has 35 heavy (non-hydrogen) atoms. The van der Waals surface area contributed by atoms with Crippen molar-refractivity contribution in [3.63, 3.8) is 0 Å². The van der Waals surface area contributed by atoms with Crippen LogP contribution in [0.4, 0.5) is 0 Å². The Morgan fingerprint density at radius 1 is 1.09 bits per heavy atom. The summed E-state index contributed by atoms with van der Waals surface area (Å²) in [5, 5.41) is 11.9. The van der Waals surface area contributed by atoms with Gasteiger partial charge in [0.05, 0.1) is 26.2 Å². The maximum atomic E-state index is 13.6. The van der Waals surface area contributed by atoms with Gasteiger partial charge in [-0.15, -0.1) is 0 Å². The summed E-state index contributed by atoms with van der Waals surface area (Å²) < 4.78 is 27.9. The highest BCUT2D eigenvalue weighted by Crippen LogP contribution is 2.71. The standard InChI is InChI=1S/C25H32O10/c1-13-11-23-12-24(13,34-15(3)27)9-10-25(23,30)35-16-7-8-17(33-14(2)26)22(4,21(29)32-6)18(16)19(23)20(28)31-5/h7-8,16-19,30H,1,9-12H2,2-6H3/t16?,17-,18?,19+,22+,23+,24-,25+/m0/s1. The average molecular weight is 493 g/mol. The summed E-state index contributed by atoms with van der Waals surface area (Å²) in [6, 6.07) is 0. The molecule has 1 saturated heterocycles. The molecule has 0 aromatic heterocycles. The third-order valence-electron chi connectivity index (χ3n) is 8.53. The van der Waals surface area contributed by atoms with E-state index in [1.165, 1.54) is 34.1 Å². The highest BCUT2D eigenvalue weighted by molar-refractivity contribution is 5.83. The lowest BCUT2D eigenvalue weighted by Gasteiger charge is -2.62. The van der Waals surface area contributed by atoms with E-state index in [4.69, 9.17) is 23.7 Å². The van der Waals surface area contributed by atoms with Crippen LogP contribution in [-0.2, 0) is 42.9 Å². The number of esters is 4. The van der Waals surface area contributed by atoms with Crippen LogP contribution >= 0.6 is 0 Å². The SMILES string of the molecule is C=C1C[C@]23C[C@@]1(OC(C)=O)CC[C@@]2(O)OC1C=C[C@H](OC(C)=O)[C@@](C)(C(=O)OC)C1[C@@H]3C(=O)OC. The van der Waals surface area contributed by atoms with Crippen LogP contribution in [0.15, 0.2) is 24.3 Å². The van der Waals surface area contributed by atoms with E-state index in [1.54, 1.807) is 13.0 Å². The molecule has 1 heterocycles. The Labute approximate surface area is 203 Å². The van der Waals surface area contributed by atoms with Crippen LogP contribution < -0.4 is 0 Å². The van der Waals surface area contributed by atoms with E-state index in [1.807, 2.05) is 0 Å². The molecular formula is C25H32O10. The molecule has 0 amide bonds. The van der Waals surface area contributed by atoms with Crippen molar-refractivity contribution in [2.24, 2.45) is 22.7 Å². The summed E-state index contributed by atoms with van der Waals surface area (Å²) in [5.41, 5.74) is -3.39. The number of rotatable bonds is 4. The monoisotopic (exact) mass is 492 g/mol. The van der Waals surface area contributed by atoms with E-state index in [9.17, 15) is 24.3 Å². The molecule has 0 aromatic rings. The third-order valence-corrected chi connectivity index (χ3v) is 8.53. The lowest BCUT2D eigenvalue weighted by molar-refractivity contribution is -0.366. The third kappa shape index (κ3) is 3.36. The number of hydrogen-bond donors (Lipinski definition) is 1. The van der Waals surface area contributed by atoms with E-state index in [-0.39, 0.29) is 25.7 Å². The van der Waals surface area contributed by atoms with Gasteiger partial charge in [0.2, 0.25) is 0 Å². The lowest BCUT2D eigenvalue weighted by Crippen LogP contribution is -2.71. The predicted molar refractivity (Wildman–Crippen MR) is 118 cm³/mol. The molecule has 0 radical (unpaired) electrons. The molecule has 10 heteroatoms. The average Bonchev–Trinajstić information content (AvgIpc) is 3.02. The maximum absolute atomic E-state index is 13.6. The van der Waals surface area contributed by atoms with E-state index in [2.05, 4.69) is 6.58 Å². The number of methoxy groups -OCH3 is 2. The second kappa shape index (κ2) is 8.16. The molecule has 4 aliphatic rings. The Morgan fingerprint density at radius 3 is 2.34 bits per heavy atom. The first-order valence-corrected chi connectivity index (χ1v) is 11.6. The quantitative estimate of drug-likeness (QED) is 0.350. The van der Waals surface area contributed by atoms with Crippen molar-refractivity contribution in [3.8, 4) is 0 Å². The minimum Gasteiger partial charge on any atom is -0.469 e. The van der Waals surface area contributed by atoms with Gasteiger partial charge in [-0.25, -0.2) is 0 Å². The van der Waals surface area contributed by atoms with Gasteiger partial charge in [-0.05, 0) is 31.4 Å². The first-order valence-electron chi connectivity index (χ1n) is 11.6. The molecular weight excluding hydrogens is 460 g/mol. The molecule has 0 aromatic carbocycles. The fourth-order valence-electron chi connectivity index (χ4n) is 7.06. The second-order valence-corrected chi connectivity index (χ2v) is 10.3. The number of aliphatic hydroxyl groups is 1. The predicted octanol–water partition coefficient (Wildman–Crippen LogP) is 1.59. The zero-order chi connectivity index (χ0) is 26.0. The minimum absolute atomic E-state index is 0.0666. The Morgan fingerprint density at radius 2 is 1.77 bits per heavy atom. The molecule has 2 bridgehead atoms. The van der Waals surface area contributed by atoms with Gasteiger partial charge in [-0.1, -0.05) is 12.7 Å². The van der Waals surface area contributed by atoms with Crippen molar-refractivity contribution in [2.45, 2.75) is 70.1 Å². The first-order chi connectivity index (χ1) is 16.3. The van der Waals surface area contributed by atoms with Crippen molar-refractivity contribution >= 4 is 23.9 Å². The molecule has 1 spiro atoms. The summed E-state index contributed by atoms with van der Waals surface area (Å²) in [6.45, 7) is 8.21. The molecule has 10 nitrogen and oxygen atoms in total. The summed E-state index contributed by atoms with van der Waals surface area (Å²) in [7, 11) is 2.44. The van der Waals surface area contributed by atoms with E-state index >= 15 is 0 Å². The van der Waals surface area contributed by atoms with Gasteiger partial charge in [0, 0.05) is 38.0 Å². The number of fused-ring (bicyclic) bond motifs is 2. The molecule has 4 rings (SSSR count). The van der Waals surface area contributed by atoms with Crippen LogP contribution in [-0.4, -0.2) is 66.8 Å². The highest BCUT2D eigenvalue weighted by atomic mass is 16.6. The molecule has 192 valence electrons. The number of carbonyl (C=O) groups excluding carboxylic acids is 4. The van der Waals surface area contributed by atoms with Crippen molar-refractivity contribution in [2.75, 3.05) is 14.2 Å². The van der Waals surface area contributed by atoms with Gasteiger partial charge in [-0.3, -0.25) is 19.2 Å². The number of carbonyl (C=O) groups is 4. The topological polar surface area (TPSA) is 135 Å². The second-order valence-electron chi connectivity index (χ2n) is 10.3. The molecule has 8 atom stereocenters. The van der Waals surface area contributed by atoms with Crippen molar-refractivity contribution in [1.82, 2.24) is 0 Å². The van der Waals surface area contributed by atoms with Crippen LogP contribution in [0, 0.1) is 22.7 Å². The van der Waals surface area contributed by atoms with E-state index in [0.717, 1.165) is 0 Å². The van der Waals surface area contributed by atoms with Crippen molar-refractivity contribution < 1.29 is 48.0 Å². The minimum atomic E-state index is -1.79. The van der Waals surface area contributed by atoms with Crippen LogP contribution in [0.2, 0.25) is 0 Å². The fraction of sp³-hybridized carbons (Fsp3) is 0.680. The fourth-order valence-corrected chi connectivity index (χ4v) is 7.06. The van der Waals surface area contributed by atoms with Gasteiger partial charge in [0.15, 0.2) is 5.79 Å².